The van der Waals surface area contributed by atoms with Crippen molar-refractivity contribution in [2.45, 2.75) is 51.6 Å². The van der Waals surface area contributed by atoms with Gasteiger partial charge in [-0.15, -0.1) is 12.4 Å². The third-order valence-electron chi connectivity index (χ3n) is 4.03. The summed E-state index contributed by atoms with van der Waals surface area (Å²) >= 11 is 0. The van der Waals surface area contributed by atoms with Crippen LogP contribution in [0.2, 0.25) is 0 Å². The van der Waals surface area contributed by atoms with E-state index in [0.29, 0.717) is 6.54 Å². The van der Waals surface area contributed by atoms with E-state index in [4.69, 9.17) is 5.73 Å². The Bertz CT molecular complexity index is 463. The first kappa shape index (κ1) is 16.0. The molecule has 0 spiro atoms. The van der Waals surface area contributed by atoms with Gasteiger partial charge in [0.15, 0.2) is 0 Å². The quantitative estimate of drug-likeness (QED) is 0.881. The van der Waals surface area contributed by atoms with Crippen LogP contribution < -0.4 is 11.1 Å². The summed E-state index contributed by atoms with van der Waals surface area (Å²) in [6, 6.07) is 0. The second kappa shape index (κ2) is 5.92. The molecule has 1 saturated carbocycles. The van der Waals surface area contributed by atoms with Crippen molar-refractivity contribution in [1.82, 2.24) is 15.1 Å². The van der Waals surface area contributed by atoms with Crippen LogP contribution in [-0.2, 0) is 18.4 Å². The summed E-state index contributed by atoms with van der Waals surface area (Å²) in [5.41, 5.74) is 8.61. The van der Waals surface area contributed by atoms with Gasteiger partial charge in [0.2, 0.25) is 5.91 Å². The molecule has 3 N–H and O–H groups in total. The summed E-state index contributed by atoms with van der Waals surface area (Å²) in [7, 11) is 1.91. The first-order chi connectivity index (χ1) is 8.44. The maximum atomic E-state index is 12.1. The molecular weight excluding hydrogens is 264 g/mol. The zero-order chi connectivity index (χ0) is 13.3. The predicted octanol–water partition coefficient (Wildman–Crippen LogP) is 1.35. The van der Waals surface area contributed by atoms with E-state index in [1.54, 1.807) is 0 Å². The van der Waals surface area contributed by atoms with Crippen molar-refractivity contribution >= 4 is 18.3 Å². The number of carbonyl (C=O) groups is 1. The topological polar surface area (TPSA) is 72.9 Å². The number of rotatable bonds is 3. The lowest BCUT2D eigenvalue weighted by molar-refractivity contribution is -0.126. The summed E-state index contributed by atoms with van der Waals surface area (Å²) in [6.07, 6.45) is 3.69. The van der Waals surface area contributed by atoms with Gasteiger partial charge in [-0.2, -0.15) is 5.10 Å². The van der Waals surface area contributed by atoms with Gasteiger partial charge < -0.3 is 11.1 Å². The number of nitrogens with two attached hydrogens (primary N) is 1. The fraction of sp³-hybridized carbons (Fsp3) is 0.692. The average Bonchev–Trinajstić information content (AvgIpc) is 2.85. The van der Waals surface area contributed by atoms with Gasteiger partial charge in [-0.3, -0.25) is 9.48 Å². The van der Waals surface area contributed by atoms with Crippen molar-refractivity contribution in [2.75, 3.05) is 0 Å². The largest absolute Gasteiger partial charge is 0.350 e. The Balaban J connectivity index is 0.00000180. The molecule has 0 radical (unpaired) electrons. The highest BCUT2D eigenvalue weighted by Crippen LogP contribution is 2.27. The molecule has 1 amide bonds. The molecule has 1 fully saturated rings. The molecule has 0 aliphatic heterocycles. The lowest BCUT2D eigenvalue weighted by atomic mass is 9.98. The molecule has 2 rings (SSSR count). The van der Waals surface area contributed by atoms with Crippen LogP contribution in [-0.4, -0.2) is 21.2 Å². The number of hydrogen-bond donors (Lipinski definition) is 2. The second-order valence-corrected chi connectivity index (χ2v) is 5.32. The molecule has 5 nitrogen and oxygen atoms in total. The van der Waals surface area contributed by atoms with Crippen LogP contribution >= 0.6 is 12.4 Å². The Hall–Kier alpha value is -1.07. The van der Waals surface area contributed by atoms with Crippen molar-refractivity contribution in [2.24, 2.45) is 12.8 Å². The summed E-state index contributed by atoms with van der Waals surface area (Å²) in [6.45, 7) is 4.49. The fourth-order valence-electron chi connectivity index (χ4n) is 2.65. The molecule has 0 atom stereocenters. The number of halogens is 1. The van der Waals surface area contributed by atoms with Crippen LogP contribution in [0.25, 0.3) is 0 Å². The Morgan fingerprint density at radius 1 is 1.42 bits per heavy atom. The van der Waals surface area contributed by atoms with Gasteiger partial charge in [0.05, 0.1) is 11.2 Å². The number of nitrogens with zero attached hydrogens (tertiary/aromatic N) is 2. The lowest BCUT2D eigenvalue weighted by Gasteiger charge is -2.22. The van der Waals surface area contributed by atoms with Crippen molar-refractivity contribution < 1.29 is 4.79 Å². The molecule has 108 valence electrons. The number of aromatic nitrogens is 2. The highest BCUT2D eigenvalue weighted by Gasteiger charge is 2.36. The standard InChI is InChI=1S/C13H22N4O.ClH/c1-9-11(10(2)17(3)16-9)8-15-12(18)13(14)6-4-5-7-13;/h4-8,14H2,1-3H3,(H,15,18);1H. The van der Waals surface area contributed by atoms with Crippen molar-refractivity contribution in [3.8, 4) is 0 Å². The molecule has 1 aliphatic rings. The highest BCUT2D eigenvalue weighted by molar-refractivity contribution is 5.86. The predicted molar refractivity (Wildman–Crippen MR) is 77.2 cm³/mol. The lowest BCUT2D eigenvalue weighted by Crippen LogP contribution is -2.51. The highest BCUT2D eigenvalue weighted by atomic mass is 35.5. The van der Waals surface area contributed by atoms with Gasteiger partial charge in [-0.05, 0) is 26.7 Å². The van der Waals surface area contributed by atoms with E-state index in [2.05, 4.69) is 10.4 Å². The minimum absolute atomic E-state index is 0. The number of carbonyl (C=O) groups excluding carboxylic acids is 1. The third-order valence-corrected chi connectivity index (χ3v) is 4.03. The molecule has 0 unspecified atom stereocenters. The summed E-state index contributed by atoms with van der Waals surface area (Å²) in [5.74, 6) is -0.0253. The smallest absolute Gasteiger partial charge is 0.240 e. The molecule has 0 bridgehead atoms. The van der Waals surface area contributed by atoms with Gasteiger partial charge in [-0.25, -0.2) is 0 Å². The first-order valence-electron chi connectivity index (χ1n) is 6.50. The van der Waals surface area contributed by atoms with E-state index in [1.807, 2.05) is 25.6 Å². The van der Waals surface area contributed by atoms with E-state index in [0.717, 1.165) is 42.6 Å². The molecule has 0 saturated heterocycles. The Labute approximate surface area is 120 Å². The van der Waals surface area contributed by atoms with Gasteiger partial charge >= 0.3 is 0 Å². The average molecular weight is 287 g/mol. The molecule has 19 heavy (non-hydrogen) atoms. The molecular formula is C13H23ClN4O. The van der Waals surface area contributed by atoms with Crippen LogP contribution in [0, 0.1) is 13.8 Å². The maximum absolute atomic E-state index is 12.1. The SMILES string of the molecule is Cc1nn(C)c(C)c1CNC(=O)C1(N)CCCC1.Cl. The molecule has 1 aromatic heterocycles. The van der Waals surface area contributed by atoms with Crippen molar-refractivity contribution in [1.29, 1.82) is 0 Å². The van der Waals surface area contributed by atoms with Crippen molar-refractivity contribution in [3.05, 3.63) is 17.0 Å². The van der Waals surface area contributed by atoms with Crippen LogP contribution in [0.1, 0.15) is 42.6 Å². The van der Waals surface area contributed by atoms with E-state index >= 15 is 0 Å². The summed E-state index contributed by atoms with van der Waals surface area (Å²) < 4.78 is 1.84. The van der Waals surface area contributed by atoms with Crippen LogP contribution in [0.4, 0.5) is 0 Å². The number of aryl methyl sites for hydroxylation is 2. The van der Waals surface area contributed by atoms with E-state index < -0.39 is 5.54 Å². The van der Waals surface area contributed by atoms with Crippen LogP contribution in [0.5, 0.6) is 0 Å². The van der Waals surface area contributed by atoms with E-state index in [1.165, 1.54) is 0 Å². The van der Waals surface area contributed by atoms with E-state index in [9.17, 15) is 4.79 Å². The normalized spacial score (nSPS) is 17.1. The van der Waals surface area contributed by atoms with Gasteiger partial charge in [0, 0.05) is 24.8 Å². The molecule has 6 heteroatoms. The molecule has 0 aromatic carbocycles. The van der Waals surface area contributed by atoms with Crippen molar-refractivity contribution in [3.63, 3.8) is 0 Å². The maximum Gasteiger partial charge on any atom is 0.240 e. The minimum atomic E-state index is -0.649. The number of amides is 1. The van der Waals surface area contributed by atoms with Crippen LogP contribution in [0.15, 0.2) is 0 Å². The Morgan fingerprint density at radius 3 is 2.47 bits per heavy atom. The third kappa shape index (κ3) is 3.09. The Morgan fingerprint density at radius 2 is 2.00 bits per heavy atom. The Kier molecular flexibility index (Phi) is 4.98. The fourth-order valence-corrected chi connectivity index (χ4v) is 2.65. The summed E-state index contributed by atoms with van der Waals surface area (Å²) in [4.78, 5) is 12.1. The summed E-state index contributed by atoms with van der Waals surface area (Å²) in [5, 5.41) is 7.30. The number of nitrogens with one attached hydrogen (secondary N) is 1. The van der Waals surface area contributed by atoms with Gasteiger partial charge in [-0.1, -0.05) is 12.8 Å². The molecule has 1 heterocycles. The second-order valence-electron chi connectivity index (χ2n) is 5.32. The number of hydrogen-bond acceptors (Lipinski definition) is 3. The van der Waals surface area contributed by atoms with E-state index in [-0.39, 0.29) is 18.3 Å². The zero-order valence-electron chi connectivity index (χ0n) is 11.8. The van der Waals surface area contributed by atoms with Gasteiger partial charge in [0.1, 0.15) is 0 Å². The first-order valence-corrected chi connectivity index (χ1v) is 6.50. The van der Waals surface area contributed by atoms with Gasteiger partial charge in [0.25, 0.3) is 0 Å². The van der Waals surface area contributed by atoms with Crippen LogP contribution in [0.3, 0.4) is 0 Å². The molecule has 1 aliphatic carbocycles. The minimum Gasteiger partial charge on any atom is -0.350 e. The zero-order valence-corrected chi connectivity index (χ0v) is 12.6. The monoisotopic (exact) mass is 286 g/mol. The molecule has 1 aromatic rings.